The number of piperidine rings is 1. The van der Waals surface area contributed by atoms with Gasteiger partial charge in [-0.25, -0.2) is 0 Å². The summed E-state index contributed by atoms with van der Waals surface area (Å²) in [4.78, 5) is 32.3. The number of benzene rings is 1. The molecule has 6 nitrogen and oxygen atoms in total. The molecule has 2 amide bonds. The number of hydrogen-bond donors (Lipinski definition) is 1. The van der Waals surface area contributed by atoms with E-state index in [9.17, 15) is 9.59 Å². The number of piperazine rings is 1. The van der Waals surface area contributed by atoms with E-state index in [1.807, 2.05) is 35.8 Å². The first-order chi connectivity index (χ1) is 14.4. The molecule has 2 heterocycles. The van der Waals surface area contributed by atoms with Gasteiger partial charge in [0.05, 0.1) is 0 Å². The Bertz CT molecular complexity index is 710. The van der Waals surface area contributed by atoms with Crippen LogP contribution in [0.25, 0.3) is 0 Å². The topological polar surface area (TPSA) is 55.9 Å². The van der Waals surface area contributed by atoms with Crippen LogP contribution in [0.4, 0.5) is 0 Å². The minimum atomic E-state index is 0.0413. The van der Waals surface area contributed by atoms with Crippen molar-refractivity contribution >= 4 is 11.8 Å². The van der Waals surface area contributed by atoms with E-state index in [0.29, 0.717) is 25.6 Å². The molecule has 2 saturated heterocycles. The Balaban J connectivity index is 1.66. The van der Waals surface area contributed by atoms with Gasteiger partial charge in [-0.1, -0.05) is 23.6 Å². The molecule has 0 bridgehead atoms. The van der Waals surface area contributed by atoms with Gasteiger partial charge in [0.15, 0.2) is 0 Å². The summed E-state index contributed by atoms with van der Waals surface area (Å²) in [5.74, 6) is 0.195. The maximum atomic E-state index is 13.4. The van der Waals surface area contributed by atoms with Crippen molar-refractivity contribution in [1.82, 2.24) is 20.0 Å². The number of hydrogen-bond acceptors (Lipinski definition) is 4. The van der Waals surface area contributed by atoms with Crippen molar-refractivity contribution in [2.24, 2.45) is 0 Å². The summed E-state index contributed by atoms with van der Waals surface area (Å²) < 4.78 is 0. The van der Waals surface area contributed by atoms with E-state index >= 15 is 0 Å². The number of carbonyl (C=O) groups is 2. The Hall–Kier alpha value is -1.92. The summed E-state index contributed by atoms with van der Waals surface area (Å²) >= 11 is 0. The summed E-state index contributed by atoms with van der Waals surface area (Å²) in [6, 6.07) is 6.58. The molecule has 1 N–H and O–H groups in total. The maximum absolute atomic E-state index is 13.4. The van der Waals surface area contributed by atoms with E-state index in [1.54, 1.807) is 0 Å². The lowest BCUT2D eigenvalue weighted by atomic mass is 10.0. The minimum absolute atomic E-state index is 0.0413. The monoisotopic (exact) mass is 414 g/mol. The molecule has 2 aliphatic heterocycles. The van der Waals surface area contributed by atoms with Crippen molar-refractivity contribution in [2.45, 2.75) is 52.5 Å². The van der Waals surface area contributed by atoms with Gasteiger partial charge in [-0.2, -0.15) is 0 Å². The molecule has 0 saturated carbocycles. The van der Waals surface area contributed by atoms with E-state index < -0.39 is 0 Å². The zero-order valence-corrected chi connectivity index (χ0v) is 19.0. The van der Waals surface area contributed by atoms with Gasteiger partial charge in [-0.15, -0.1) is 0 Å². The largest absolute Gasteiger partial charge is 0.340 e. The molecule has 0 aliphatic carbocycles. The molecule has 1 atom stereocenters. The van der Waals surface area contributed by atoms with Crippen molar-refractivity contribution in [1.29, 1.82) is 0 Å². The van der Waals surface area contributed by atoms with Gasteiger partial charge in [0.25, 0.3) is 5.91 Å². The molecular weight excluding hydrogens is 376 g/mol. The lowest BCUT2D eigenvalue weighted by molar-refractivity contribution is -0.131. The summed E-state index contributed by atoms with van der Waals surface area (Å²) in [5, 5.41) is 3.28. The standard InChI is InChI=1S/C24H38N4O2/c1-19-16-20(2)18-22(17-19)24(30)28(15-14-26-10-5-4-6-21(26)3)11-7-23(29)27-12-8-25-9-13-27/h16-18,21,25H,4-15H2,1-3H3/t21-/m0/s1. The minimum Gasteiger partial charge on any atom is -0.340 e. The summed E-state index contributed by atoms with van der Waals surface area (Å²) in [6.07, 6.45) is 4.15. The molecule has 1 aromatic carbocycles. The second-order valence-corrected chi connectivity index (χ2v) is 8.93. The lowest BCUT2D eigenvalue weighted by Crippen LogP contribution is -2.48. The Morgan fingerprint density at radius 3 is 2.40 bits per heavy atom. The highest BCUT2D eigenvalue weighted by atomic mass is 16.2. The predicted octanol–water partition coefficient (Wildman–Crippen LogP) is 2.44. The third-order valence-electron chi connectivity index (χ3n) is 6.42. The van der Waals surface area contributed by atoms with E-state index in [0.717, 1.165) is 56.0 Å². The Morgan fingerprint density at radius 2 is 1.73 bits per heavy atom. The summed E-state index contributed by atoms with van der Waals surface area (Å²) in [7, 11) is 0. The number of carbonyl (C=O) groups excluding carboxylic acids is 2. The third-order valence-corrected chi connectivity index (χ3v) is 6.42. The number of rotatable bonds is 7. The molecule has 6 heteroatoms. The number of nitrogens with zero attached hydrogens (tertiary/aromatic N) is 3. The number of likely N-dealkylation sites (tertiary alicyclic amines) is 1. The average molecular weight is 415 g/mol. The van der Waals surface area contributed by atoms with Gasteiger partial charge in [0.2, 0.25) is 5.91 Å². The van der Waals surface area contributed by atoms with Crippen molar-refractivity contribution in [3.63, 3.8) is 0 Å². The molecule has 166 valence electrons. The summed E-state index contributed by atoms with van der Waals surface area (Å²) in [5.41, 5.74) is 2.92. The van der Waals surface area contributed by atoms with Crippen LogP contribution < -0.4 is 5.32 Å². The molecule has 0 unspecified atom stereocenters. The van der Waals surface area contributed by atoms with Crippen LogP contribution in [-0.4, -0.2) is 84.9 Å². The molecule has 0 aromatic heterocycles. The molecule has 1 aromatic rings. The van der Waals surface area contributed by atoms with Crippen LogP contribution in [0.3, 0.4) is 0 Å². The van der Waals surface area contributed by atoms with Gasteiger partial charge in [-0.05, 0) is 52.3 Å². The van der Waals surface area contributed by atoms with Gasteiger partial charge >= 0.3 is 0 Å². The maximum Gasteiger partial charge on any atom is 0.253 e. The number of nitrogens with one attached hydrogen (secondary N) is 1. The first-order valence-corrected chi connectivity index (χ1v) is 11.5. The highest BCUT2D eigenvalue weighted by Crippen LogP contribution is 2.17. The van der Waals surface area contributed by atoms with Gasteiger partial charge in [0, 0.05) is 63.8 Å². The Morgan fingerprint density at radius 1 is 1.03 bits per heavy atom. The molecule has 2 fully saturated rings. The quantitative estimate of drug-likeness (QED) is 0.745. The highest BCUT2D eigenvalue weighted by Gasteiger charge is 2.23. The molecule has 0 radical (unpaired) electrons. The van der Waals surface area contributed by atoms with Crippen molar-refractivity contribution in [3.8, 4) is 0 Å². The highest BCUT2D eigenvalue weighted by molar-refractivity contribution is 5.95. The second-order valence-electron chi connectivity index (χ2n) is 8.93. The van der Waals surface area contributed by atoms with Crippen molar-refractivity contribution < 1.29 is 9.59 Å². The fourth-order valence-corrected chi connectivity index (χ4v) is 4.64. The zero-order valence-electron chi connectivity index (χ0n) is 19.0. The van der Waals surface area contributed by atoms with E-state index in [4.69, 9.17) is 0 Å². The lowest BCUT2D eigenvalue weighted by Gasteiger charge is -2.35. The fourth-order valence-electron chi connectivity index (χ4n) is 4.64. The van der Waals surface area contributed by atoms with E-state index in [-0.39, 0.29) is 11.8 Å². The van der Waals surface area contributed by atoms with Crippen LogP contribution in [0.5, 0.6) is 0 Å². The average Bonchev–Trinajstić information content (AvgIpc) is 2.74. The number of aryl methyl sites for hydroxylation is 2. The molecule has 2 aliphatic rings. The molecule has 0 spiro atoms. The zero-order chi connectivity index (χ0) is 21.5. The van der Waals surface area contributed by atoms with Crippen LogP contribution in [0.2, 0.25) is 0 Å². The Kier molecular flexibility index (Phi) is 8.28. The van der Waals surface area contributed by atoms with E-state index in [2.05, 4.69) is 23.2 Å². The fraction of sp³-hybridized carbons (Fsp3) is 0.667. The van der Waals surface area contributed by atoms with Crippen LogP contribution in [-0.2, 0) is 4.79 Å². The van der Waals surface area contributed by atoms with Gasteiger partial charge in [0.1, 0.15) is 0 Å². The van der Waals surface area contributed by atoms with Crippen LogP contribution in [0.1, 0.15) is 54.1 Å². The Labute approximate surface area is 181 Å². The van der Waals surface area contributed by atoms with Crippen molar-refractivity contribution in [3.05, 3.63) is 34.9 Å². The molecule has 3 rings (SSSR count). The van der Waals surface area contributed by atoms with Gasteiger partial charge in [-0.3, -0.25) is 14.5 Å². The normalized spacial score (nSPS) is 20.2. The van der Waals surface area contributed by atoms with Crippen LogP contribution >= 0.6 is 0 Å². The predicted molar refractivity (Wildman–Crippen MR) is 121 cm³/mol. The smallest absolute Gasteiger partial charge is 0.253 e. The summed E-state index contributed by atoms with van der Waals surface area (Å²) in [6.45, 7) is 12.7. The van der Waals surface area contributed by atoms with Gasteiger partial charge < -0.3 is 15.1 Å². The van der Waals surface area contributed by atoms with Crippen LogP contribution in [0.15, 0.2) is 18.2 Å². The third kappa shape index (κ3) is 6.29. The molecular formula is C24H38N4O2. The molecule has 30 heavy (non-hydrogen) atoms. The first kappa shape index (κ1) is 22.8. The SMILES string of the molecule is Cc1cc(C)cc(C(=O)N(CCC(=O)N2CCNCC2)CCN2CCCC[C@@H]2C)c1. The number of amides is 2. The first-order valence-electron chi connectivity index (χ1n) is 11.5. The van der Waals surface area contributed by atoms with E-state index in [1.165, 1.54) is 19.3 Å². The van der Waals surface area contributed by atoms with Crippen LogP contribution in [0, 0.1) is 13.8 Å². The van der Waals surface area contributed by atoms with Crippen molar-refractivity contribution in [2.75, 3.05) is 52.4 Å². The second kappa shape index (κ2) is 10.9.